The van der Waals surface area contributed by atoms with Crippen LogP contribution >= 0.6 is 0 Å². The van der Waals surface area contributed by atoms with Crippen LogP contribution in [-0.4, -0.2) is 33.5 Å². The summed E-state index contributed by atoms with van der Waals surface area (Å²) in [5, 5.41) is 9.38. The van der Waals surface area contributed by atoms with E-state index in [-0.39, 0.29) is 0 Å². The average Bonchev–Trinajstić information content (AvgIpc) is 0.933. The Labute approximate surface area is 583 Å². The highest BCUT2D eigenvalue weighted by Gasteiger charge is 2.07. The Hall–Kier alpha value is -9.32. The second-order valence-corrected chi connectivity index (χ2v) is 26.0. The van der Waals surface area contributed by atoms with Gasteiger partial charge in [0.05, 0.1) is 28.4 Å². The van der Waals surface area contributed by atoms with Crippen molar-refractivity contribution in [1.29, 1.82) is 0 Å². The maximum atomic E-state index is 9.38. The fraction of sp³-hybridized carbons (Fsp3) is 0.297. The van der Waals surface area contributed by atoms with Gasteiger partial charge in [-0.25, -0.2) is 0 Å². The number of phenolic OH excluding ortho intramolecular Hbond substituents is 1. The summed E-state index contributed by atoms with van der Waals surface area (Å²) < 4.78 is 21.1. The van der Waals surface area contributed by atoms with Gasteiger partial charge in [0.15, 0.2) is 0 Å². The summed E-state index contributed by atoms with van der Waals surface area (Å²) in [6, 6.07) is 58.2. The number of hydrogen-bond acceptors (Lipinski definition) is 5. The molecule has 0 aliphatic heterocycles. The second-order valence-electron chi connectivity index (χ2n) is 26.0. The lowest BCUT2D eigenvalue weighted by molar-refractivity contribution is 0.388. The first-order valence-corrected chi connectivity index (χ1v) is 33.0. The first-order valence-electron chi connectivity index (χ1n) is 33.0. The Balaban J connectivity index is 0.000000550. The molecule has 8 aromatic rings. The first kappa shape index (κ1) is 84.7. The van der Waals surface area contributed by atoms with Crippen molar-refractivity contribution >= 4 is 48.6 Å². The number of aryl methyl sites for hydroxylation is 6. The maximum Gasteiger partial charge on any atom is 0.126 e. The molecule has 0 atom stereocenters. The van der Waals surface area contributed by atoms with Crippen LogP contribution in [0.3, 0.4) is 0 Å². The highest BCUT2D eigenvalue weighted by atomic mass is 16.5. The molecule has 1 N–H and O–H groups in total. The molecule has 0 amide bonds. The lowest BCUT2D eigenvalue weighted by atomic mass is 10.1. The minimum Gasteiger partial charge on any atom is -0.508 e. The quantitative estimate of drug-likeness (QED) is 0.132. The normalized spacial score (nSPS) is 9.45. The molecule has 0 spiro atoms. The summed E-state index contributed by atoms with van der Waals surface area (Å²) >= 11 is 0. The summed E-state index contributed by atoms with van der Waals surface area (Å²) in [5.41, 5.74) is 28.4. The van der Waals surface area contributed by atoms with E-state index in [0.29, 0.717) is 5.75 Å². The third kappa shape index (κ3) is 38.8. The van der Waals surface area contributed by atoms with E-state index >= 15 is 0 Å². The van der Waals surface area contributed by atoms with Crippen molar-refractivity contribution in [2.24, 2.45) is 0 Å². The highest BCUT2D eigenvalue weighted by molar-refractivity contribution is 5.61. The molecule has 0 bridgehead atoms. The standard InChI is InChI=1S/C13H18O2.2C12H16O.C11H14O.3C11H14.C10H12/c1-9(2)6-11-7-12(14-4)10(3)13(8-11)15-5;2*1-9(2)7-11-6-5-10(3)12(8-11)13-4;1-8(2)6-10-5-4-9(3)11(12)7-10;3*1-9(2)8-11-6-4-10(3)5-7-11;1-9(2)8-10-6-4-3-5-7-10/h6-8H,1-5H3;2*5-8H,1-4H3;4-7,12H,1-3H3;3*4-8H,1-3H3;3-8H,1-2H3. The Kier molecular flexibility index (Phi) is 41.2. The van der Waals surface area contributed by atoms with Crippen LogP contribution in [0.25, 0.3) is 48.6 Å². The summed E-state index contributed by atoms with van der Waals surface area (Å²) in [7, 11) is 6.76. The topological polar surface area (TPSA) is 57.2 Å². The predicted molar refractivity (Wildman–Crippen MR) is 427 cm³/mol. The summed E-state index contributed by atoms with van der Waals surface area (Å²) in [6.45, 7) is 47.7. The molecule has 0 saturated carbocycles. The van der Waals surface area contributed by atoms with Crippen molar-refractivity contribution < 1.29 is 24.1 Å². The van der Waals surface area contributed by atoms with Gasteiger partial charge in [0, 0.05) is 5.56 Å². The van der Waals surface area contributed by atoms with E-state index in [2.05, 4.69) is 294 Å². The molecule has 8 rings (SSSR count). The molecular weight excluding hydrogens is 1170 g/mol. The van der Waals surface area contributed by atoms with Crippen molar-refractivity contribution in [3.8, 4) is 28.7 Å². The molecule has 5 nitrogen and oxygen atoms in total. The van der Waals surface area contributed by atoms with Crippen molar-refractivity contribution in [3.05, 3.63) is 298 Å². The Bertz CT molecular complexity index is 3570. The van der Waals surface area contributed by atoms with Gasteiger partial charge in [0.2, 0.25) is 0 Å². The van der Waals surface area contributed by atoms with Gasteiger partial charge < -0.3 is 24.1 Å². The molecule has 96 heavy (non-hydrogen) atoms. The number of benzene rings is 8. The summed E-state index contributed by atoms with van der Waals surface area (Å²) in [5.74, 6) is 4.00. The lowest BCUT2D eigenvalue weighted by Crippen LogP contribution is -1.93. The third-order valence-corrected chi connectivity index (χ3v) is 13.5. The molecule has 0 radical (unpaired) electrons. The van der Waals surface area contributed by atoms with Gasteiger partial charge in [0.1, 0.15) is 28.7 Å². The van der Waals surface area contributed by atoms with E-state index in [1.165, 1.54) is 106 Å². The van der Waals surface area contributed by atoms with Crippen LogP contribution in [0.4, 0.5) is 0 Å². The molecule has 5 heteroatoms. The predicted octanol–water partition coefficient (Wildman–Crippen LogP) is 26.8. The van der Waals surface area contributed by atoms with E-state index in [4.69, 9.17) is 18.9 Å². The molecule has 0 aliphatic rings. The lowest BCUT2D eigenvalue weighted by Gasteiger charge is -2.11. The van der Waals surface area contributed by atoms with E-state index in [1.54, 1.807) is 34.5 Å². The van der Waals surface area contributed by atoms with Crippen LogP contribution in [-0.2, 0) is 0 Å². The minimum atomic E-state index is 0.366. The van der Waals surface area contributed by atoms with Gasteiger partial charge in [0.25, 0.3) is 0 Å². The fourth-order valence-electron chi connectivity index (χ4n) is 8.96. The second kappa shape index (κ2) is 46.7. The number of allylic oxidation sites excluding steroid dienone is 8. The molecule has 0 heterocycles. The summed E-state index contributed by atoms with van der Waals surface area (Å²) in [4.78, 5) is 0. The number of ether oxygens (including phenoxy) is 4. The van der Waals surface area contributed by atoms with Crippen LogP contribution in [0.15, 0.2) is 214 Å². The molecule has 512 valence electrons. The van der Waals surface area contributed by atoms with Crippen molar-refractivity contribution in [2.45, 2.75) is 159 Å². The van der Waals surface area contributed by atoms with Gasteiger partial charge in [-0.05, 0) is 251 Å². The number of rotatable bonds is 12. The molecule has 8 aromatic carbocycles. The number of aromatic hydroxyl groups is 1. The Morgan fingerprint density at radius 3 is 0.719 bits per heavy atom. The molecular formula is C91H118O5. The molecule has 0 fully saturated rings. The Morgan fingerprint density at radius 2 is 0.458 bits per heavy atom. The smallest absolute Gasteiger partial charge is 0.126 e. The summed E-state index contributed by atoms with van der Waals surface area (Å²) in [6.07, 6.45) is 17.1. The third-order valence-electron chi connectivity index (χ3n) is 13.5. The minimum absolute atomic E-state index is 0.366. The van der Waals surface area contributed by atoms with E-state index in [1.807, 2.05) is 78.0 Å². The van der Waals surface area contributed by atoms with Crippen LogP contribution in [0, 0.1) is 48.5 Å². The van der Waals surface area contributed by atoms with Crippen LogP contribution in [0.2, 0.25) is 0 Å². The largest absolute Gasteiger partial charge is 0.508 e. The van der Waals surface area contributed by atoms with Gasteiger partial charge in [-0.3, -0.25) is 0 Å². The monoisotopic (exact) mass is 1290 g/mol. The van der Waals surface area contributed by atoms with Gasteiger partial charge in [-0.15, -0.1) is 0 Å². The molecule has 0 unspecified atom stereocenters. The van der Waals surface area contributed by atoms with Crippen molar-refractivity contribution in [1.82, 2.24) is 0 Å². The molecule has 0 aliphatic carbocycles. The average molecular weight is 1290 g/mol. The molecule has 0 saturated heterocycles. The zero-order chi connectivity index (χ0) is 72.5. The number of methoxy groups -OCH3 is 4. The zero-order valence-electron chi connectivity index (χ0n) is 63.9. The highest BCUT2D eigenvalue weighted by Crippen LogP contribution is 2.31. The van der Waals surface area contributed by atoms with Gasteiger partial charge >= 0.3 is 0 Å². The van der Waals surface area contributed by atoms with E-state index in [0.717, 1.165) is 45.3 Å². The maximum absolute atomic E-state index is 9.38. The SMILES string of the molecule is CC(C)=Cc1ccc(C)c(O)c1.CC(C)=Cc1ccc(C)cc1.CC(C)=Cc1ccc(C)cc1.CC(C)=Cc1ccc(C)cc1.CC(C)=Cc1ccccc1.COc1cc(C=C(C)C)cc(OC)c1C.COc1cc(C=C(C)C)ccc1C.COc1cc(C=C(C)C)ccc1C. The van der Waals surface area contributed by atoms with Crippen molar-refractivity contribution in [3.63, 3.8) is 0 Å². The molecule has 0 aromatic heterocycles. The van der Waals surface area contributed by atoms with E-state index in [9.17, 15) is 5.11 Å². The number of hydrogen-bond donors (Lipinski definition) is 1. The van der Waals surface area contributed by atoms with Crippen LogP contribution in [0.5, 0.6) is 28.7 Å². The van der Waals surface area contributed by atoms with E-state index < -0.39 is 0 Å². The van der Waals surface area contributed by atoms with Crippen LogP contribution < -0.4 is 18.9 Å². The first-order chi connectivity index (χ1) is 45.3. The number of phenols is 1. The van der Waals surface area contributed by atoms with Crippen molar-refractivity contribution in [2.75, 3.05) is 28.4 Å². The zero-order valence-corrected chi connectivity index (χ0v) is 63.9. The Morgan fingerprint density at radius 1 is 0.240 bits per heavy atom. The van der Waals surface area contributed by atoms with Gasteiger partial charge in [-0.2, -0.15) is 0 Å². The van der Waals surface area contributed by atoms with Crippen LogP contribution in [0.1, 0.15) is 194 Å². The van der Waals surface area contributed by atoms with Gasteiger partial charge in [-0.1, -0.05) is 249 Å². The fourth-order valence-corrected chi connectivity index (χ4v) is 8.96.